The number of rotatable bonds is 10. The number of unbranched alkanes of at least 4 members (excludes halogenated alkanes) is 2. The quantitative estimate of drug-likeness (QED) is 0.656. The highest BCUT2D eigenvalue weighted by atomic mass is 16.5. The molecule has 1 rings (SSSR count). The molecule has 2 atom stereocenters. The van der Waals surface area contributed by atoms with Gasteiger partial charge in [-0.1, -0.05) is 32.3 Å². The lowest BCUT2D eigenvalue weighted by Crippen LogP contribution is -2.35. The van der Waals surface area contributed by atoms with Gasteiger partial charge in [0.2, 0.25) is 0 Å². The van der Waals surface area contributed by atoms with Crippen molar-refractivity contribution in [3.8, 4) is 11.5 Å². The SMILES string of the molecule is CCCCCC(C)NC(C)Cc1ccc(OC)c(OC)c1. The molecule has 0 aliphatic rings. The molecule has 120 valence electrons. The van der Waals surface area contributed by atoms with Crippen molar-refractivity contribution in [3.63, 3.8) is 0 Å². The van der Waals surface area contributed by atoms with Crippen LogP contribution >= 0.6 is 0 Å². The fourth-order valence-electron chi connectivity index (χ4n) is 2.69. The average molecular weight is 293 g/mol. The van der Waals surface area contributed by atoms with Crippen molar-refractivity contribution in [1.82, 2.24) is 5.32 Å². The van der Waals surface area contributed by atoms with Crippen molar-refractivity contribution in [2.45, 2.75) is 65.0 Å². The van der Waals surface area contributed by atoms with Gasteiger partial charge < -0.3 is 14.8 Å². The molecule has 0 aliphatic heterocycles. The zero-order valence-corrected chi connectivity index (χ0v) is 14.2. The van der Waals surface area contributed by atoms with E-state index in [1.807, 2.05) is 6.07 Å². The first-order chi connectivity index (χ1) is 10.1. The van der Waals surface area contributed by atoms with Crippen molar-refractivity contribution in [2.75, 3.05) is 14.2 Å². The third kappa shape index (κ3) is 6.38. The van der Waals surface area contributed by atoms with Crippen molar-refractivity contribution >= 4 is 0 Å². The van der Waals surface area contributed by atoms with E-state index in [9.17, 15) is 0 Å². The van der Waals surface area contributed by atoms with Gasteiger partial charge in [-0.3, -0.25) is 0 Å². The van der Waals surface area contributed by atoms with E-state index < -0.39 is 0 Å². The highest BCUT2D eigenvalue weighted by Crippen LogP contribution is 2.28. The monoisotopic (exact) mass is 293 g/mol. The molecule has 0 heterocycles. The maximum absolute atomic E-state index is 5.36. The summed E-state index contributed by atoms with van der Waals surface area (Å²) in [6.45, 7) is 6.77. The number of ether oxygens (including phenoxy) is 2. The van der Waals surface area contributed by atoms with Crippen molar-refractivity contribution in [2.24, 2.45) is 0 Å². The van der Waals surface area contributed by atoms with Crippen LogP contribution in [0.15, 0.2) is 18.2 Å². The highest BCUT2D eigenvalue weighted by molar-refractivity contribution is 5.43. The second kappa shape index (κ2) is 9.67. The second-order valence-electron chi connectivity index (χ2n) is 5.86. The van der Waals surface area contributed by atoms with Gasteiger partial charge in [0.15, 0.2) is 11.5 Å². The largest absolute Gasteiger partial charge is 0.493 e. The summed E-state index contributed by atoms with van der Waals surface area (Å²) in [6.07, 6.45) is 6.18. The van der Waals surface area contributed by atoms with E-state index in [0.29, 0.717) is 12.1 Å². The molecular weight excluding hydrogens is 262 g/mol. The number of methoxy groups -OCH3 is 2. The maximum Gasteiger partial charge on any atom is 0.160 e. The van der Waals surface area contributed by atoms with Crippen molar-refractivity contribution < 1.29 is 9.47 Å². The zero-order valence-electron chi connectivity index (χ0n) is 14.2. The number of hydrogen-bond acceptors (Lipinski definition) is 3. The lowest BCUT2D eigenvalue weighted by atomic mass is 10.0. The Morgan fingerprint density at radius 2 is 1.71 bits per heavy atom. The summed E-state index contributed by atoms with van der Waals surface area (Å²) in [4.78, 5) is 0. The lowest BCUT2D eigenvalue weighted by Gasteiger charge is -2.20. The van der Waals surface area contributed by atoms with Crippen LogP contribution in [0.4, 0.5) is 0 Å². The van der Waals surface area contributed by atoms with Gasteiger partial charge in [-0.15, -0.1) is 0 Å². The predicted molar refractivity (Wildman–Crippen MR) is 89.5 cm³/mol. The second-order valence-corrected chi connectivity index (χ2v) is 5.86. The fourth-order valence-corrected chi connectivity index (χ4v) is 2.69. The summed E-state index contributed by atoms with van der Waals surface area (Å²) in [5.41, 5.74) is 1.27. The molecule has 3 nitrogen and oxygen atoms in total. The van der Waals surface area contributed by atoms with E-state index in [1.54, 1.807) is 14.2 Å². The molecule has 0 saturated heterocycles. The first-order valence-electron chi connectivity index (χ1n) is 8.07. The third-order valence-electron chi connectivity index (χ3n) is 3.80. The van der Waals surface area contributed by atoms with Crippen LogP contribution in [-0.4, -0.2) is 26.3 Å². The van der Waals surface area contributed by atoms with E-state index >= 15 is 0 Å². The number of benzene rings is 1. The van der Waals surface area contributed by atoms with Gasteiger partial charge in [0.1, 0.15) is 0 Å². The Balaban J connectivity index is 2.48. The molecule has 0 amide bonds. The number of hydrogen-bond donors (Lipinski definition) is 1. The summed E-state index contributed by atoms with van der Waals surface area (Å²) >= 11 is 0. The van der Waals surface area contributed by atoms with E-state index in [-0.39, 0.29) is 0 Å². The topological polar surface area (TPSA) is 30.5 Å². The first-order valence-corrected chi connectivity index (χ1v) is 8.07. The molecule has 0 saturated carbocycles. The molecule has 1 aromatic rings. The van der Waals surface area contributed by atoms with Crippen LogP contribution in [0.25, 0.3) is 0 Å². The molecule has 1 aromatic carbocycles. The molecule has 2 unspecified atom stereocenters. The summed E-state index contributed by atoms with van der Waals surface area (Å²) in [5.74, 6) is 1.59. The van der Waals surface area contributed by atoms with Crippen LogP contribution < -0.4 is 14.8 Å². The molecule has 0 fully saturated rings. The molecule has 3 heteroatoms. The maximum atomic E-state index is 5.36. The Labute approximate surface area is 130 Å². The van der Waals surface area contributed by atoms with Gasteiger partial charge in [-0.05, 0) is 44.4 Å². The highest BCUT2D eigenvalue weighted by Gasteiger charge is 2.10. The minimum atomic E-state index is 0.458. The minimum Gasteiger partial charge on any atom is -0.493 e. The molecule has 1 N–H and O–H groups in total. The lowest BCUT2D eigenvalue weighted by molar-refractivity contribution is 0.354. The van der Waals surface area contributed by atoms with Crippen LogP contribution in [0.2, 0.25) is 0 Å². The predicted octanol–water partition coefficient (Wildman–Crippen LogP) is 4.19. The van der Waals surface area contributed by atoms with Gasteiger partial charge in [-0.2, -0.15) is 0 Å². The fraction of sp³-hybridized carbons (Fsp3) is 0.667. The van der Waals surface area contributed by atoms with E-state index in [4.69, 9.17) is 9.47 Å². The Morgan fingerprint density at radius 1 is 1.00 bits per heavy atom. The van der Waals surface area contributed by atoms with Crippen molar-refractivity contribution in [1.29, 1.82) is 0 Å². The smallest absolute Gasteiger partial charge is 0.160 e. The van der Waals surface area contributed by atoms with E-state index in [1.165, 1.54) is 31.2 Å². The van der Waals surface area contributed by atoms with Gasteiger partial charge >= 0.3 is 0 Å². The summed E-state index contributed by atoms with van der Waals surface area (Å²) in [5, 5.41) is 3.68. The number of nitrogens with one attached hydrogen (secondary N) is 1. The van der Waals surface area contributed by atoms with Crippen LogP contribution in [-0.2, 0) is 6.42 Å². The molecule has 0 spiro atoms. The van der Waals surface area contributed by atoms with Gasteiger partial charge in [0.25, 0.3) is 0 Å². The third-order valence-corrected chi connectivity index (χ3v) is 3.80. The normalized spacial score (nSPS) is 13.8. The van der Waals surface area contributed by atoms with Gasteiger partial charge in [0.05, 0.1) is 14.2 Å². The van der Waals surface area contributed by atoms with Crippen LogP contribution in [0.1, 0.15) is 52.0 Å². The standard InChI is InChI=1S/C18H31NO2/c1-6-7-8-9-14(2)19-15(3)12-16-10-11-17(20-4)18(13-16)21-5/h10-11,13-15,19H,6-9,12H2,1-5H3. The first kappa shape index (κ1) is 17.8. The summed E-state index contributed by atoms with van der Waals surface area (Å²) in [6, 6.07) is 7.19. The Morgan fingerprint density at radius 3 is 2.33 bits per heavy atom. The molecule has 0 aliphatic carbocycles. The van der Waals surface area contributed by atoms with E-state index in [0.717, 1.165) is 17.9 Å². The molecule has 0 radical (unpaired) electrons. The van der Waals surface area contributed by atoms with Gasteiger partial charge in [0, 0.05) is 12.1 Å². The minimum absolute atomic E-state index is 0.458. The van der Waals surface area contributed by atoms with Crippen LogP contribution in [0.3, 0.4) is 0 Å². The Bertz CT molecular complexity index is 406. The zero-order chi connectivity index (χ0) is 15.7. The molecule has 21 heavy (non-hydrogen) atoms. The Hall–Kier alpha value is -1.22. The summed E-state index contributed by atoms with van der Waals surface area (Å²) in [7, 11) is 3.35. The van der Waals surface area contributed by atoms with Crippen molar-refractivity contribution in [3.05, 3.63) is 23.8 Å². The molecule has 0 aromatic heterocycles. The molecular formula is C18H31NO2. The summed E-state index contributed by atoms with van der Waals surface area (Å²) < 4.78 is 10.6. The van der Waals surface area contributed by atoms with Crippen LogP contribution in [0.5, 0.6) is 11.5 Å². The Kier molecular flexibility index (Phi) is 8.21. The van der Waals surface area contributed by atoms with Crippen LogP contribution in [0, 0.1) is 0 Å². The van der Waals surface area contributed by atoms with E-state index in [2.05, 4.69) is 38.2 Å². The molecule has 0 bridgehead atoms. The average Bonchev–Trinajstić information content (AvgIpc) is 2.47. The van der Waals surface area contributed by atoms with Gasteiger partial charge in [-0.25, -0.2) is 0 Å².